The van der Waals surface area contributed by atoms with E-state index in [1.807, 2.05) is 13.8 Å². The fraction of sp³-hybridized carbons (Fsp3) is 0.500. The lowest BCUT2D eigenvalue weighted by molar-refractivity contribution is -0.247. The molecule has 0 aromatic heterocycles. The minimum Gasteiger partial charge on any atom is -0.465 e. The van der Waals surface area contributed by atoms with Crippen molar-refractivity contribution in [2.75, 3.05) is 25.6 Å². The summed E-state index contributed by atoms with van der Waals surface area (Å²) in [6.07, 6.45) is 0. The molecule has 0 aliphatic carbocycles. The second-order valence-electron chi connectivity index (χ2n) is 5.04. The fourth-order valence-corrected chi connectivity index (χ4v) is 2.09. The van der Waals surface area contributed by atoms with Crippen molar-refractivity contribution in [3.63, 3.8) is 0 Å². The largest absolute Gasteiger partial charge is 0.465 e. The van der Waals surface area contributed by atoms with E-state index in [1.165, 1.54) is 7.11 Å². The van der Waals surface area contributed by atoms with Crippen LogP contribution < -0.4 is 5.32 Å². The maximum absolute atomic E-state index is 11.7. The number of halogens is 1. The first-order valence-corrected chi connectivity index (χ1v) is 6.71. The SMILES string of the molecule is COC(=O)c1cc(Cl)ccc1NC1COC(C)(C)OC1. The molecule has 0 saturated carbocycles. The smallest absolute Gasteiger partial charge is 0.340 e. The fourth-order valence-electron chi connectivity index (χ4n) is 1.92. The zero-order valence-corrected chi connectivity index (χ0v) is 12.5. The Labute approximate surface area is 123 Å². The first-order chi connectivity index (χ1) is 9.41. The second kappa shape index (κ2) is 5.99. The van der Waals surface area contributed by atoms with E-state index in [9.17, 15) is 4.79 Å². The third kappa shape index (κ3) is 3.62. The Kier molecular flexibility index (Phi) is 4.52. The number of carbonyl (C=O) groups is 1. The van der Waals surface area contributed by atoms with E-state index in [2.05, 4.69) is 5.32 Å². The maximum Gasteiger partial charge on any atom is 0.340 e. The summed E-state index contributed by atoms with van der Waals surface area (Å²) in [5, 5.41) is 3.70. The minimum absolute atomic E-state index is 0.0346. The molecular formula is C14H18ClNO4. The monoisotopic (exact) mass is 299 g/mol. The summed E-state index contributed by atoms with van der Waals surface area (Å²) < 4.78 is 15.9. The van der Waals surface area contributed by atoms with Crippen LogP contribution in [0.5, 0.6) is 0 Å². The van der Waals surface area contributed by atoms with Gasteiger partial charge in [-0.3, -0.25) is 0 Å². The molecule has 1 aromatic rings. The van der Waals surface area contributed by atoms with E-state index < -0.39 is 11.8 Å². The number of hydrogen-bond acceptors (Lipinski definition) is 5. The van der Waals surface area contributed by atoms with Crippen LogP contribution in [0.4, 0.5) is 5.69 Å². The van der Waals surface area contributed by atoms with Crippen molar-refractivity contribution in [2.24, 2.45) is 0 Å². The molecular weight excluding hydrogens is 282 g/mol. The predicted octanol–water partition coefficient (Wildman–Crippen LogP) is 2.69. The summed E-state index contributed by atoms with van der Waals surface area (Å²) in [7, 11) is 1.34. The molecule has 1 aromatic carbocycles. The number of anilines is 1. The van der Waals surface area contributed by atoms with Gasteiger partial charge in [-0.2, -0.15) is 0 Å². The van der Waals surface area contributed by atoms with Gasteiger partial charge in [0.05, 0.1) is 31.9 Å². The average Bonchev–Trinajstić information content (AvgIpc) is 2.42. The van der Waals surface area contributed by atoms with Crippen LogP contribution in [0.25, 0.3) is 0 Å². The van der Waals surface area contributed by atoms with E-state index >= 15 is 0 Å². The molecule has 110 valence electrons. The molecule has 1 aliphatic rings. The van der Waals surface area contributed by atoms with Gasteiger partial charge in [-0.1, -0.05) is 11.6 Å². The molecule has 1 heterocycles. The first-order valence-electron chi connectivity index (χ1n) is 6.33. The minimum atomic E-state index is -0.566. The van der Waals surface area contributed by atoms with E-state index in [1.54, 1.807) is 18.2 Å². The molecule has 0 unspecified atom stereocenters. The molecule has 0 amide bonds. The number of rotatable bonds is 3. The summed E-state index contributed by atoms with van der Waals surface area (Å²) in [5.74, 6) is -1.00. The highest BCUT2D eigenvalue weighted by Crippen LogP contribution is 2.24. The number of nitrogens with one attached hydrogen (secondary N) is 1. The van der Waals surface area contributed by atoms with E-state index in [0.29, 0.717) is 29.5 Å². The first kappa shape index (κ1) is 15.1. The third-order valence-electron chi connectivity index (χ3n) is 3.01. The van der Waals surface area contributed by atoms with Gasteiger partial charge in [0.2, 0.25) is 0 Å². The summed E-state index contributed by atoms with van der Waals surface area (Å²) >= 11 is 5.91. The highest BCUT2D eigenvalue weighted by Gasteiger charge is 2.28. The highest BCUT2D eigenvalue weighted by atomic mass is 35.5. The van der Waals surface area contributed by atoms with Crippen molar-refractivity contribution in [1.29, 1.82) is 0 Å². The third-order valence-corrected chi connectivity index (χ3v) is 3.25. The van der Waals surface area contributed by atoms with Gasteiger partial charge in [0.15, 0.2) is 5.79 Å². The van der Waals surface area contributed by atoms with Crippen molar-refractivity contribution < 1.29 is 19.0 Å². The second-order valence-corrected chi connectivity index (χ2v) is 5.48. The lowest BCUT2D eigenvalue weighted by Gasteiger charge is -2.35. The van der Waals surface area contributed by atoms with Crippen LogP contribution >= 0.6 is 11.6 Å². The topological polar surface area (TPSA) is 56.8 Å². The van der Waals surface area contributed by atoms with Crippen LogP contribution in [0.15, 0.2) is 18.2 Å². The van der Waals surface area contributed by atoms with Gasteiger partial charge >= 0.3 is 5.97 Å². The molecule has 1 fully saturated rings. The van der Waals surface area contributed by atoms with Crippen molar-refractivity contribution in [3.05, 3.63) is 28.8 Å². The van der Waals surface area contributed by atoms with Crippen LogP contribution in [0.1, 0.15) is 24.2 Å². The van der Waals surface area contributed by atoms with Gasteiger partial charge in [0, 0.05) is 10.7 Å². The summed E-state index contributed by atoms with van der Waals surface area (Å²) in [6, 6.07) is 5.00. The van der Waals surface area contributed by atoms with Crippen molar-refractivity contribution in [1.82, 2.24) is 0 Å². The zero-order valence-electron chi connectivity index (χ0n) is 11.7. The van der Waals surface area contributed by atoms with Gasteiger partial charge in [-0.05, 0) is 32.0 Å². The van der Waals surface area contributed by atoms with Crippen LogP contribution in [0.2, 0.25) is 5.02 Å². The quantitative estimate of drug-likeness (QED) is 0.870. The molecule has 1 N–H and O–H groups in total. The molecule has 1 aliphatic heterocycles. The Balaban J connectivity index is 2.11. The Bertz CT molecular complexity index is 494. The highest BCUT2D eigenvalue weighted by molar-refractivity contribution is 6.31. The van der Waals surface area contributed by atoms with Gasteiger partial charge in [0.1, 0.15) is 0 Å². The van der Waals surface area contributed by atoms with E-state index in [0.717, 1.165) is 0 Å². The van der Waals surface area contributed by atoms with Crippen LogP contribution in [0, 0.1) is 0 Å². The molecule has 0 spiro atoms. The molecule has 1 saturated heterocycles. The van der Waals surface area contributed by atoms with Crippen LogP contribution in [-0.2, 0) is 14.2 Å². The number of benzene rings is 1. The van der Waals surface area contributed by atoms with Crippen molar-refractivity contribution in [2.45, 2.75) is 25.7 Å². The van der Waals surface area contributed by atoms with Gasteiger partial charge in [0.25, 0.3) is 0 Å². The van der Waals surface area contributed by atoms with Crippen molar-refractivity contribution >= 4 is 23.3 Å². The lowest BCUT2D eigenvalue weighted by atomic mass is 10.1. The van der Waals surface area contributed by atoms with Crippen LogP contribution in [0.3, 0.4) is 0 Å². The normalized spacial score (nSPS) is 18.6. The number of hydrogen-bond donors (Lipinski definition) is 1. The molecule has 6 heteroatoms. The maximum atomic E-state index is 11.7. The van der Waals surface area contributed by atoms with Gasteiger partial charge < -0.3 is 19.5 Å². The Morgan fingerprint density at radius 1 is 1.40 bits per heavy atom. The van der Waals surface area contributed by atoms with E-state index in [-0.39, 0.29) is 6.04 Å². The standard InChI is InChI=1S/C14H18ClNO4/c1-14(2)19-7-10(8-20-14)16-12-5-4-9(15)6-11(12)13(17)18-3/h4-6,10,16H,7-8H2,1-3H3. The Morgan fingerprint density at radius 2 is 2.05 bits per heavy atom. The lowest BCUT2D eigenvalue weighted by Crippen LogP contribution is -2.45. The summed E-state index contributed by atoms with van der Waals surface area (Å²) in [4.78, 5) is 11.7. The number of ether oxygens (including phenoxy) is 3. The molecule has 2 rings (SSSR count). The molecule has 0 radical (unpaired) electrons. The molecule has 0 bridgehead atoms. The average molecular weight is 300 g/mol. The molecule has 5 nitrogen and oxygen atoms in total. The zero-order chi connectivity index (χ0) is 14.8. The van der Waals surface area contributed by atoms with Gasteiger partial charge in [-0.15, -0.1) is 0 Å². The summed E-state index contributed by atoms with van der Waals surface area (Å²) in [5.41, 5.74) is 1.04. The van der Waals surface area contributed by atoms with Gasteiger partial charge in [-0.25, -0.2) is 4.79 Å². The van der Waals surface area contributed by atoms with Crippen molar-refractivity contribution in [3.8, 4) is 0 Å². The predicted molar refractivity (Wildman–Crippen MR) is 76.2 cm³/mol. The molecule has 20 heavy (non-hydrogen) atoms. The number of methoxy groups -OCH3 is 1. The number of carbonyl (C=O) groups excluding carboxylic acids is 1. The molecule has 0 atom stereocenters. The van der Waals surface area contributed by atoms with E-state index in [4.69, 9.17) is 25.8 Å². The Morgan fingerprint density at radius 3 is 2.65 bits per heavy atom. The Hall–Kier alpha value is -1.30. The summed E-state index contributed by atoms with van der Waals surface area (Å²) in [6.45, 7) is 4.73. The number of esters is 1. The van der Waals surface area contributed by atoms with Crippen LogP contribution in [-0.4, -0.2) is 38.1 Å².